The highest BCUT2D eigenvalue weighted by Gasteiger charge is 2.26. The van der Waals surface area contributed by atoms with Gasteiger partial charge in [0, 0.05) is 6.08 Å². The molecule has 1 heteroatoms. The Bertz CT molecular complexity index is 545. The molecular weight excluding hydrogens is 254 g/mol. The maximum absolute atomic E-state index is 8.55. The number of hydrogen-bond acceptors (Lipinski definition) is 1. The molecule has 0 saturated heterocycles. The number of nitrogens with zero attached hydrogens (tertiary/aromatic N) is 1. The highest BCUT2D eigenvalue weighted by Crippen LogP contribution is 2.40. The van der Waals surface area contributed by atoms with Crippen molar-refractivity contribution in [2.75, 3.05) is 0 Å². The average Bonchev–Trinajstić information content (AvgIpc) is 2.37. The van der Waals surface area contributed by atoms with E-state index >= 15 is 0 Å². The van der Waals surface area contributed by atoms with Gasteiger partial charge in [-0.25, -0.2) is 0 Å². The van der Waals surface area contributed by atoms with E-state index in [1.54, 1.807) is 6.08 Å². The van der Waals surface area contributed by atoms with Crippen molar-refractivity contribution in [3.05, 3.63) is 59.3 Å². The summed E-state index contributed by atoms with van der Waals surface area (Å²) in [5, 5.41) is 8.55. The summed E-state index contributed by atoms with van der Waals surface area (Å²) in [6.45, 7) is 12.9. The van der Waals surface area contributed by atoms with E-state index in [1.165, 1.54) is 30.4 Å². The summed E-state index contributed by atoms with van der Waals surface area (Å²) in [4.78, 5) is 0. The number of nitriles is 1. The molecule has 0 aromatic carbocycles. The molecule has 0 radical (unpaired) electrons. The number of rotatable bonds is 5. The van der Waals surface area contributed by atoms with Crippen LogP contribution in [-0.2, 0) is 0 Å². The van der Waals surface area contributed by atoms with Crippen LogP contribution in [0.15, 0.2) is 59.3 Å². The van der Waals surface area contributed by atoms with Crippen LogP contribution in [0.1, 0.15) is 53.4 Å². The van der Waals surface area contributed by atoms with E-state index in [-0.39, 0.29) is 5.41 Å². The molecule has 0 aromatic rings. The van der Waals surface area contributed by atoms with Crippen LogP contribution in [0.4, 0.5) is 0 Å². The Morgan fingerprint density at radius 3 is 2.71 bits per heavy atom. The third kappa shape index (κ3) is 5.60. The molecule has 0 saturated carbocycles. The lowest BCUT2D eigenvalue weighted by atomic mass is 9.72. The van der Waals surface area contributed by atoms with Gasteiger partial charge in [-0.3, -0.25) is 0 Å². The second-order valence-corrected chi connectivity index (χ2v) is 6.55. The van der Waals surface area contributed by atoms with Gasteiger partial charge in [-0.15, -0.1) is 0 Å². The van der Waals surface area contributed by atoms with E-state index in [4.69, 9.17) is 5.26 Å². The Labute approximate surface area is 130 Å². The van der Waals surface area contributed by atoms with Crippen molar-refractivity contribution in [3.8, 4) is 6.07 Å². The Hall–Kier alpha value is -1.81. The maximum Gasteiger partial charge on any atom is 0.0914 e. The van der Waals surface area contributed by atoms with Crippen LogP contribution < -0.4 is 0 Å². The Kier molecular flexibility index (Phi) is 6.43. The average molecular weight is 281 g/mol. The quantitative estimate of drug-likeness (QED) is 0.445. The fraction of sp³-hybridized carbons (Fsp3) is 0.450. The third-order valence-corrected chi connectivity index (χ3v) is 4.08. The molecule has 0 aliphatic heterocycles. The minimum Gasteiger partial charge on any atom is -0.193 e. The third-order valence-electron chi connectivity index (χ3n) is 4.08. The van der Waals surface area contributed by atoms with Crippen LogP contribution in [-0.4, -0.2) is 0 Å². The van der Waals surface area contributed by atoms with Gasteiger partial charge >= 0.3 is 0 Å². The minimum atomic E-state index is 0.279. The Morgan fingerprint density at radius 2 is 2.10 bits per heavy atom. The maximum atomic E-state index is 8.55. The van der Waals surface area contributed by atoms with Gasteiger partial charge in [-0.1, -0.05) is 55.9 Å². The van der Waals surface area contributed by atoms with Crippen molar-refractivity contribution in [1.29, 1.82) is 5.26 Å². The summed E-state index contributed by atoms with van der Waals surface area (Å²) in [6.07, 6.45) is 14.6. The number of hydrogen-bond donors (Lipinski definition) is 0. The molecule has 112 valence electrons. The fourth-order valence-corrected chi connectivity index (χ4v) is 2.83. The lowest BCUT2D eigenvalue weighted by Gasteiger charge is -2.33. The standard InChI is InChI=1S/C20H27N/c1-16(8-6-9-17(2)13-15-21)11-12-19-18(3)10-7-14-20(19,4)5/h6,9,11-13H,1,7-8,10,14H2,2-5H3/b9-6+,12-11+,17-13+. The van der Waals surface area contributed by atoms with Crippen LogP contribution in [0.2, 0.25) is 0 Å². The molecule has 1 rings (SSSR count). The summed E-state index contributed by atoms with van der Waals surface area (Å²) in [5.41, 5.74) is 5.33. The lowest BCUT2D eigenvalue weighted by molar-refractivity contribution is 0.377. The first-order valence-electron chi connectivity index (χ1n) is 7.66. The van der Waals surface area contributed by atoms with Crippen molar-refractivity contribution < 1.29 is 0 Å². The van der Waals surface area contributed by atoms with Gasteiger partial charge in [0.15, 0.2) is 0 Å². The largest absolute Gasteiger partial charge is 0.193 e. The van der Waals surface area contributed by atoms with E-state index in [9.17, 15) is 0 Å². The molecule has 0 heterocycles. The van der Waals surface area contributed by atoms with Crippen molar-refractivity contribution in [1.82, 2.24) is 0 Å². The first-order chi connectivity index (χ1) is 9.86. The molecule has 0 amide bonds. The van der Waals surface area contributed by atoms with Crippen molar-refractivity contribution in [2.24, 2.45) is 5.41 Å². The molecule has 1 aliphatic carbocycles. The van der Waals surface area contributed by atoms with Crippen LogP contribution in [0, 0.1) is 16.7 Å². The zero-order valence-electron chi connectivity index (χ0n) is 13.9. The van der Waals surface area contributed by atoms with Crippen LogP contribution in [0.5, 0.6) is 0 Å². The smallest absolute Gasteiger partial charge is 0.0914 e. The molecule has 0 spiro atoms. The van der Waals surface area contributed by atoms with Gasteiger partial charge in [0.2, 0.25) is 0 Å². The van der Waals surface area contributed by atoms with Gasteiger partial charge in [-0.2, -0.15) is 5.26 Å². The van der Waals surface area contributed by atoms with E-state index in [0.717, 1.165) is 17.6 Å². The van der Waals surface area contributed by atoms with Gasteiger partial charge < -0.3 is 0 Å². The van der Waals surface area contributed by atoms with E-state index in [0.29, 0.717) is 0 Å². The predicted octanol–water partition coefficient (Wildman–Crippen LogP) is 6.04. The van der Waals surface area contributed by atoms with Crippen molar-refractivity contribution >= 4 is 0 Å². The van der Waals surface area contributed by atoms with Gasteiger partial charge in [0.25, 0.3) is 0 Å². The summed E-state index contributed by atoms with van der Waals surface area (Å²) < 4.78 is 0. The Morgan fingerprint density at radius 1 is 1.38 bits per heavy atom. The molecule has 0 bridgehead atoms. The van der Waals surface area contributed by atoms with Crippen molar-refractivity contribution in [3.63, 3.8) is 0 Å². The predicted molar refractivity (Wildman–Crippen MR) is 91.7 cm³/mol. The second kappa shape index (κ2) is 7.84. The van der Waals surface area contributed by atoms with Gasteiger partial charge in [-0.05, 0) is 56.1 Å². The van der Waals surface area contributed by atoms with Crippen LogP contribution in [0.3, 0.4) is 0 Å². The zero-order valence-corrected chi connectivity index (χ0v) is 13.9. The lowest BCUT2D eigenvalue weighted by Crippen LogP contribution is -2.19. The summed E-state index contributed by atoms with van der Waals surface area (Å²) in [7, 11) is 0. The van der Waals surface area contributed by atoms with E-state index in [1.807, 2.05) is 19.1 Å². The molecule has 0 aromatic heterocycles. The van der Waals surface area contributed by atoms with Crippen molar-refractivity contribution in [2.45, 2.75) is 53.4 Å². The van der Waals surface area contributed by atoms with Gasteiger partial charge in [0.05, 0.1) is 6.07 Å². The topological polar surface area (TPSA) is 23.8 Å². The molecular formula is C20H27N. The molecule has 0 atom stereocenters. The first kappa shape index (κ1) is 17.2. The SMILES string of the molecule is C=C(/C=C/C1=C(C)CCCC1(C)C)C/C=C/C(C)=C/C#N. The summed E-state index contributed by atoms with van der Waals surface area (Å²) >= 11 is 0. The molecule has 0 fully saturated rings. The normalized spacial score (nSPS) is 19.3. The molecule has 0 unspecified atom stereocenters. The first-order valence-corrected chi connectivity index (χ1v) is 7.66. The zero-order chi connectivity index (χ0) is 15.9. The van der Waals surface area contributed by atoms with Gasteiger partial charge in [0.1, 0.15) is 0 Å². The fourth-order valence-electron chi connectivity index (χ4n) is 2.83. The second-order valence-electron chi connectivity index (χ2n) is 6.55. The molecule has 1 nitrogen and oxygen atoms in total. The van der Waals surface area contributed by atoms with Crippen LogP contribution in [0.25, 0.3) is 0 Å². The highest BCUT2D eigenvalue weighted by molar-refractivity contribution is 5.36. The number of allylic oxidation sites excluding steroid dienone is 9. The van der Waals surface area contributed by atoms with E-state index in [2.05, 4.69) is 45.6 Å². The van der Waals surface area contributed by atoms with Crippen LogP contribution >= 0.6 is 0 Å². The molecule has 1 aliphatic rings. The molecule has 21 heavy (non-hydrogen) atoms. The highest BCUT2D eigenvalue weighted by atomic mass is 14.3. The summed E-state index contributed by atoms with van der Waals surface area (Å²) in [6, 6.07) is 2.03. The van der Waals surface area contributed by atoms with E-state index < -0.39 is 0 Å². The molecule has 0 N–H and O–H groups in total. The minimum absolute atomic E-state index is 0.279. The summed E-state index contributed by atoms with van der Waals surface area (Å²) in [5.74, 6) is 0. The Balaban J connectivity index is 2.67. The monoisotopic (exact) mass is 281 g/mol.